The van der Waals surface area contributed by atoms with E-state index in [1.807, 2.05) is 12.2 Å². The van der Waals surface area contributed by atoms with E-state index in [4.69, 9.17) is 4.52 Å². The summed E-state index contributed by atoms with van der Waals surface area (Å²) in [5, 5.41) is 3.70. The highest BCUT2D eigenvalue weighted by molar-refractivity contribution is 7.94. The molecule has 0 saturated heterocycles. The molecule has 1 unspecified atom stereocenters. The fraction of sp³-hybridized carbons (Fsp3) is 0.500. The van der Waals surface area contributed by atoms with Crippen LogP contribution in [-0.4, -0.2) is 18.3 Å². The van der Waals surface area contributed by atoms with Crippen molar-refractivity contribution in [3.63, 3.8) is 0 Å². The molecule has 6 heteroatoms. The van der Waals surface area contributed by atoms with Gasteiger partial charge >= 0.3 is 0 Å². The molecule has 20 heavy (non-hydrogen) atoms. The highest BCUT2D eigenvalue weighted by Crippen LogP contribution is 2.33. The number of hydrogen-bond acceptors (Lipinski definition) is 4. The monoisotopic (exact) mass is 296 g/mol. The summed E-state index contributed by atoms with van der Waals surface area (Å²) in [7, 11) is -3.57. The first-order valence-electron chi connectivity index (χ1n) is 6.79. The minimum Gasteiger partial charge on any atom is -0.360 e. The van der Waals surface area contributed by atoms with Crippen molar-refractivity contribution < 1.29 is 12.9 Å². The fourth-order valence-electron chi connectivity index (χ4n) is 2.29. The van der Waals surface area contributed by atoms with E-state index in [0.29, 0.717) is 18.6 Å². The molecule has 0 saturated carbocycles. The van der Waals surface area contributed by atoms with Crippen molar-refractivity contribution in [3.8, 4) is 0 Å². The SMILES string of the molecule is CCCCC1(S(=O)(=O)Nc2cc(C)on2)C=CC=CC1. The molecule has 0 amide bonds. The lowest BCUT2D eigenvalue weighted by Crippen LogP contribution is -2.41. The van der Waals surface area contributed by atoms with Crippen LogP contribution in [0.3, 0.4) is 0 Å². The minimum atomic E-state index is -3.57. The van der Waals surface area contributed by atoms with Crippen LogP contribution in [0.25, 0.3) is 0 Å². The number of unbranched alkanes of at least 4 members (excludes halogenated alkanes) is 1. The second kappa shape index (κ2) is 5.83. The van der Waals surface area contributed by atoms with Gasteiger partial charge in [-0.3, -0.25) is 4.72 Å². The summed E-state index contributed by atoms with van der Waals surface area (Å²) in [6.07, 6.45) is 10.2. The van der Waals surface area contributed by atoms with Crippen molar-refractivity contribution in [2.24, 2.45) is 0 Å². The summed E-state index contributed by atoms with van der Waals surface area (Å²) in [4.78, 5) is 0. The normalized spacial score (nSPS) is 22.1. The number of aryl methyl sites for hydroxylation is 1. The van der Waals surface area contributed by atoms with Crippen LogP contribution in [0.4, 0.5) is 5.82 Å². The molecule has 0 aromatic carbocycles. The van der Waals surface area contributed by atoms with Gasteiger partial charge in [0.05, 0.1) is 0 Å². The molecule has 5 nitrogen and oxygen atoms in total. The Kier molecular flexibility index (Phi) is 4.32. The Morgan fingerprint density at radius 3 is 2.80 bits per heavy atom. The van der Waals surface area contributed by atoms with E-state index < -0.39 is 14.8 Å². The van der Waals surface area contributed by atoms with Crippen LogP contribution in [0.5, 0.6) is 0 Å². The summed E-state index contributed by atoms with van der Waals surface area (Å²) in [6.45, 7) is 3.78. The third-order valence-corrected chi connectivity index (χ3v) is 5.52. The summed E-state index contributed by atoms with van der Waals surface area (Å²) < 4.78 is 32.0. The molecule has 1 atom stereocenters. The molecule has 0 bridgehead atoms. The Labute approximate surface area is 119 Å². The Bertz CT molecular complexity index is 616. The van der Waals surface area contributed by atoms with Gasteiger partial charge in [-0.05, 0) is 19.8 Å². The lowest BCUT2D eigenvalue weighted by molar-refractivity contribution is 0.400. The Balaban J connectivity index is 2.27. The van der Waals surface area contributed by atoms with Gasteiger partial charge in [0.25, 0.3) is 0 Å². The zero-order chi connectivity index (χ0) is 14.6. The van der Waals surface area contributed by atoms with Gasteiger partial charge in [-0.1, -0.05) is 49.2 Å². The molecule has 1 heterocycles. The quantitative estimate of drug-likeness (QED) is 0.875. The van der Waals surface area contributed by atoms with Crippen LogP contribution in [-0.2, 0) is 10.0 Å². The largest absolute Gasteiger partial charge is 0.360 e. The molecule has 0 aliphatic heterocycles. The fourth-order valence-corrected chi connectivity index (χ4v) is 3.86. The van der Waals surface area contributed by atoms with E-state index in [1.165, 1.54) is 0 Å². The van der Waals surface area contributed by atoms with Crippen molar-refractivity contribution in [2.75, 3.05) is 4.72 Å². The first-order chi connectivity index (χ1) is 9.49. The molecule has 1 N–H and O–H groups in total. The molecule has 0 fully saturated rings. The third kappa shape index (κ3) is 2.95. The van der Waals surface area contributed by atoms with Crippen molar-refractivity contribution in [1.29, 1.82) is 0 Å². The number of rotatable bonds is 6. The van der Waals surface area contributed by atoms with Gasteiger partial charge in [0.1, 0.15) is 10.5 Å². The van der Waals surface area contributed by atoms with Crippen LogP contribution in [0.15, 0.2) is 34.9 Å². The molecule has 2 rings (SSSR count). The predicted molar refractivity (Wildman–Crippen MR) is 78.9 cm³/mol. The predicted octanol–water partition coefficient (Wildman–Crippen LogP) is 3.17. The van der Waals surface area contributed by atoms with Crippen molar-refractivity contribution in [1.82, 2.24) is 5.16 Å². The van der Waals surface area contributed by atoms with E-state index >= 15 is 0 Å². The van der Waals surface area contributed by atoms with Crippen LogP contribution in [0, 0.1) is 6.92 Å². The zero-order valence-corrected chi connectivity index (χ0v) is 12.6. The smallest absolute Gasteiger partial charge is 0.243 e. The Morgan fingerprint density at radius 2 is 2.25 bits per heavy atom. The van der Waals surface area contributed by atoms with Crippen molar-refractivity contribution >= 4 is 15.8 Å². The summed E-state index contributed by atoms with van der Waals surface area (Å²) in [6, 6.07) is 1.58. The Morgan fingerprint density at radius 1 is 1.45 bits per heavy atom. The Hall–Kier alpha value is -1.56. The average Bonchev–Trinajstić information content (AvgIpc) is 2.82. The molecule has 0 spiro atoms. The number of sulfonamides is 1. The maximum Gasteiger partial charge on any atom is 0.243 e. The molecule has 0 radical (unpaired) electrons. The van der Waals surface area contributed by atoms with Gasteiger partial charge in [-0.25, -0.2) is 8.42 Å². The number of nitrogens with zero attached hydrogens (tertiary/aromatic N) is 1. The van der Waals surface area contributed by atoms with E-state index in [9.17, 15) is 8.42 Å². The first kappa shape index (κ1) is 14.8. The van der Waals surface area contributed by atoms with Crippen LogP contribution < -0.4 is 4.72 Å². The number of nitrogens with one attached hydrogen (secondary N) is 1. The highest BCUT2D eigenvalue weighted by atomic mass is 32.2. The van der Waals surface area contributed by atoms with Crippen LogP contribution >= 0.6 is 0 Å². The van der Waals surface area contributed by atoms with Crippen LogP contribution in [0.1, 0.15) is 38.4 Å². The average molecular weight is 296 g/mol. The number of aromatic nitrogens is 1. The van der Waals surface area contributed by atoms with Gasteiger partial charge in [-0.2, -0.15) is 0 Å². The molecule has 1 aliphatic rings. The van der Waals surface area contributed by atoms with E-state index in [0.717, 1.165) is 12.8 Å². The number of allylic oxidation sites excluding steroid dienone is 3. The van der Waals surface area contributed by atoms with Gasteiger partial charge in [0, 0.05) is 6.07 Å². The molecular weight excluding hydrogens is 276 g/mol. The standard InChI is InChI=1S/C14H20N2O3S/c1-3-4-8-14(9-6-5-7-10-14)20(17,18)16-13-11-12(2)19-15-13/h5-7,9,11H,3-4,8,10H2,1-2H3,(H,15,16). The lowest BCUT2D eigenvalue weighted by Gasteiger charge is -2.30. The van der Waals surface area contributed by atoms with Crippen LogP contribution in [0.2, 0.25) is 0 Å². The molecule has 1 aliphatic carbocycles. The second-order valence-corrected chi connectivity index (χ2v) is 7.11. The summed E-state index contributed by atoms with van der Waals surface area (Å²) in [5.41, 5.74) is 0. The molecule has 110 valence electrons. The van der Waals surface area contributed by atoms with Gasteiger partial charge in [0.2, 0.25) is 10.0 Å². The molecule has 1 aromatic rings. The van der Waals surface area contributed by atoms with Gasteiger partial charge in [-0.15, -0.1) is 0 Å². The minimum absolute atomic E-state index is 0.237. The van der Waals surface area contributed by atoms with E-state index in [2.05, 4.69) is 16.8 Å². The van der Waals surface area contributed by atoms with Gasteiger partial charge < -0.3 is 4.52 Å². The van der Waals surface area contributed by atoms with Gasteiger partial charge in [0.15, 0.2) is 5.82 Å². The number of anilines is 1. The topological polar surface area (TPSA) is 72.2 Å². The van der Waals surface area contributed by atoms with E-state index in [-0.39, 0.29) is 5.82 Å². The lowest BCUT2D eigenvalue weighted by atomic mass is 9.94. The maximum atomic E-state index is 12.7. The zero-order valence-electron chi connectivity index (χ0n) is 11.8. The second-order valence-electron chi connectivity index (χ2n) is 5.09. The maximum absolute atomic E-state index is 12.7. The first-order valence-corrected chi connectivity index (χ1v) is 8.27. The van der Waals surface area contributed by atoms with Crippen molar-refractivity contribution in [3.05, 3.63) is 36.1 Å². The van der Waals surface area contributed by atoms with E-state index in [1.54, 1.807) is 25.1 Å². The summed E-state index contributed by atoms with van der Waals surface area (Å²) >= 11 is 0. The number of hydrogen-bond donors (Lipinski definition) is 1. The summed E-state index contributed by atoms with van der Waals surface area (Å²) in [5.74, 6) is 0.811. The molecular formula is C14H20N2O3S. The molecule has 1 aromatic heterocycles. The third-order valence-electron chi connectivity index (χ3n) is 3.47. The van der Waals surface area contributed by atoms with Crippen molar-refractivity contribution in [2.45, 2.75) is 44.3 Å². The highest BCUT2D eigenvalue weighted by Gasteiger charge is 2.41.